The van der Waals surface area contributed by atoms with Gasteiger partial charge in [-0.1, -0.05) is 12.1 Å². The standard InChI is InChI=1S/C16H19BrN2O2/c1-18-14(12-5-4-8-19-16(12)21-3)10-11-6-7-15(20-2)13(17)9-11/h4-9,14,18H,10H2,1-3H3. The third kappa shape index (κ3) is 3.74. The molecule has 2 aromatic rings. The lowest BCUT2D eigenvalue weighted by atomic mass is 10.00. The lowest BCUT2D eigenvalue weighted by Gasteiger charge is -2.19. The number of pyridine rings is 1. The van der Waals surface area contributed by atoms with Crippen LogP contribution in [0.4, 0.5) is 0 Å². The van der Waals surface area contributed by atoms with Crippen molar-refractivity contribution in [3.05, 3.63) is 52.1 Å². The first kappa shape index (κ1) is 15.8. The van der Waals surface area contributed by atoms with Gasteiger partial charge in [-0.25, -0.2) is 4.98 Å². The molecule has 1 unspecified atom stereocenters. The van der Waals surface area contributed by atoms with Gasteiger partial charge in [-0.05, 0) is 53.2 Å². The predicted molar refractivity (Wildman–Crippen MR) is 87.0 cm³/mol. The number of likely N-dealkylation sites (N-methyl/N-ethyl adjacent to an activating group) is 1. The van der Waals surface area contributed by atoms with Crippen LogP contribution in [0.2, 0.25) is 0 Å². The van der Waals surface area contributed by atoms with Crippen LogP contribution in [0.25, 0.3) is 0 Å². The van der Waals surface area contributed by atoms with Crippen LogP contribution in [0.15, 0.2) is 41.0 Å². The van der Waals surface area contributed by atoms with Crippen molar-refractivity contribution in [3.8, 4) is 11.6 Å². The van der Waals surface area contributed by atoms with Gasteiger partial charge in [0.2, 0.25) is 5.88 Å². The molecule has 1 aromatic heterocycles. The predicted octanol–water partition coefficient (Wildman–Crippen LogP) is 3.36. The lowest BCUT2D eigenvalue weighted by Crippen LogP contribution is -2.20. The Labute approximate surface area is 133 Å². The summed E-state index contributed by atoms with van der Waals surface area (Å²) < 4.78 is 11.6. The molecule has 0 bridgehead atoms. The fourth-order valence-electron chi connectivity index (χ4n) is 2.28. The molecular weight excluding hydrogens is 332 g/mol. The van der Waals surface area contributed by atoms with E-state index in [2.05, 4.69) is 38.4 Å². The average Bonchev–Trinajstić information content (AvgIpc) is 2.52. The van der Waals surface area contributed by atoms with E-state index in [0.717, 1.165) is 22.2 Å². The third-order valence-corrected chi connectivity index (χ3v) is 3.99. The molecule has 1 N–H and O–H groups in total. The van der Waals surface area contributed by atoms with Crippen molar-refractivity contribution < 1.29 is 9.47 Å². The summed E-state index contributed by atoms with van der Waals surface area (Å²) >= 11 is 3.52. The van der Waals surface area contributed by atoms with Crippen LogP contribution in [0, 0.1) is 0 Å². The van der Waals surface area contributed by atoms with Gasteiger partial charge in [0, 0.05) is 17.8 Å². The Morgan fingerprint density at radius 3 is 2.67 bits per heavy atom. The van der Waals surface area contributed by atoms with Crippen molar-refractivity contribution in [1.82, 2.24) is 10.3 Å². The van der Waals surface area contributed by atoms with E-state index < -0.39 is 0 Å². The third-order valence-electron chi connectivity index (χ3n) is 3.37. The molecular formula is C16H19BrN2O2. The summed E-state index contributed by atoms with van der Waals surface area (Å²) in [5.74, 6) is 1.49. The molecule has 21 heavy (non-hydrogen) atoms. The smallest absolute Gasteiger partial charge is 0.217 e. The fraction of sp³-hybridized carbons (Fsp3) is 0.312. The summed E-state index contributed by atoms with van der Waals surface area (Å²) in [6.45, 7) is 0. The van der Waals surface area contributed by atoms with Crippen LogP contribution in [0.3, 0.4) is 0 Å². The summed E-state index contributed by atoms with van der Waals surface area (Å²) in [6, 6.07) is 10.2. The number of nitrogens with zero attached hydrogens (tertiary/aromatic N) is 1. The second-order valence-corrected chi connectivity index (χ2v) is 5.47. The van der Waals surface area contributed by atoms with Gasteiger partial charge in [0.25, 0.3) is 0 Å². The van der Waals surface area contributed by atoms with E-state index in [1.165, 1.54) is 5.56 Å². The molecule has 4 nitrogen and oxygen atoms in total. The summed E-state index contributed by atoms with van der Waals surface area (Å²) in [6.07, 6.45) is 2.57. The zero-order valence-electron chi connectivity index (χ0n) is 12.4. The Morgan fingerprint density at radius 2 is 2.05 bits per heavy atom. The SMILES string of the molecule is CNC(Cc1ccc(OC)c(Br)c1)c1cccnc1OC. The van der Waals surface area contributed by atoms with E-state index in [-0.39, 0.29) is 6.04 Å². The van der Waals surface area contributed by atoms with E-state index in [0.29, 0.717) is 5.88 Å². The van der Waals surface area contributed by atoms with Gasteiger partial charge in [0.15, 0.2) is 0 Å². The largest absolute Gasteiger partial charge is 0.496 e. The van der Waals surface area contributed by atoms with Crippen molar-refractivity contribution >= 4 is 15.9 Å². The number of methoxy groups -OCH3 is 2. The molecule has 0 spiro atoms. The summed E-state index contributed by atoms with van der Waals surface area (Å²) in [7, 11) is 5.24. The Balaban J connectivity index is 2.25. The van der Waals surface area contributed by atoms with Crippen molar-refractivity contribution in [1.29, 1.82) is 0 Å². The van der Waals surface area contributed by atoms with E-state index in [9.17, 15) is 0 Å². The molecule has 0 radical (unpaired) electrons. The Kier molecular flexibility index (Phi) is 5.59. The van der Waals surface area contributed by atoms with Crippen molar-refractivity contribution in [2.24, 2.45) is 0 Å². The Morgan fingerprint density at radius 1 is 1.24 bits per heavy atom. The first-order valence-electron chi connectivity index (χ1n) is 6.68. The number of ether oxygens (including phenoxy) is 2. The highest BCUT2D eigenvalue weighted by atomic mass is 79.9. The zero-order valence-corrected chi connectivity index (χ0v) is 14.0. The van der Waals surface area contributed by atoms with Gasteiger partial charge < -0.3 is 14.8 Å². The minimum absolute atomic E-state index is 0.133. The zero-order chi connectivity index (χ0) is 15.2. The van der Waals surface area contributed by atoms with Crippen molar-refractivity contribution in [3.63, 3.8) is 0 Å². The normalized spacial score (nSPS) is 12.0. The second-order valence-electron chi connectivity index (χ2n) is 4.62. The molecule has 0 aliphatic rings. The molecule has 0 aliphatic heterocycles. The van der Waals surface area contributed by atoms with E-state index in [4.69, 9.17) is 9.47 Å². The maximum atomic E-state index is 5.35. The van der Waals surface area contributed by atoms with E-state index >= 15 is 0 Å². The monoisotopic (exact) mass is 350 g/mol. The molecule has 0 fully saturated rings. The summed E-state index contributed by atoms with van der Waals surface area (Å²) in [5.41, 5.74) is 2.25. The molecule has 1 aromatic carbocycles. The van der Waals surface area contributed by atoms with Crippen LogP contribution in [0.1, 0.15) is 17.2 Å². The number of halogens is 1. The maximum absolute atomic E-state index is 5.35. The van der Waals surface area contributed by atoms with Gasteiger partial charge in [0.05, 0.1) is 18.7 Å². The first-order valence-corrected chi connectivity index (χ1v) is 7.47. The van der Waals surface area contributed by atoms with Gasteiger partial charge in [-0.2, -0.15) is 0 Å². The molecule has 1 heterocycles. The molecule has 0 aliphatic carbocycles. The molecule has 0 saturated heterocycles. The van der Waals surface area contributed by atoms with Crippen LogP contribution < -0.4 is 14.8 Å². The second kappa shape index (κ2) is 7.43. The minimum Gasteiger partial charge on any atom is -0.496 e. The van der Waals surface area contributed by atoms with Crippen LogP contribution in [0.5, 0.6) is 11.6 Å². The van der Waals surface area contributed by atoms with Crippen LogP contribution >= 0.6 is 15.9 Å². The van der Waals surface area contributed by atoms with Crippen LogP contribution in [-0.4, -0.2) is 26.3 Å². The number of rotatable bonds is 6. The highest BCUT2D eigenvalue weighted by Gasteiger charge is 2.16. The quantitative estimate of drug-likeness (QED) is 0.867. The van der Waals surface area contributed by atoms with Crippen LogP contribution in [-0.2, 0) is 6.42 Å². The van der Waals surface area contributed by atoms with Gasteiger partial charge in [-0.15, -0.1) is 0 Å². The Bertz CT molecular complexity index is 605. The number of hydrogen-bond donors (Lipinski definition) is 1. The van der Waals surface area contributed by atoms with Gasteiger partial charge in [-0.3, -0.25) is 0 Å². The van der Waals surface area contributed by atoms with E-state index in [1.807, 2.05) is 25.2 Å². The first-order chi connectivity index (χ1) is 10.2. The molecule has 2 rings (SSSR count). The van der Waals surface area contributed by atoms with E-state index in [1.54, 1.807) is 20.4 Å². The topological polar surface area (TPSA) is 43.4 Å². The highest BCUT2D eigenvalue weighted by molar-refractivity contribution is 9.10. The maximum Gasteiger partial charge on any atom is 0.217 e. The highest BCUT2D eigenvalue weighted by Crippen LogP contribution is 2.29. The van der Waals surface area contributed by atoms with Gasteiger partial charge >= 0.3 is 0 Å². The number of hydrogen-bond acceptors (Lipinski definition) is 4. The number of aromatic nitrogens is 1. The molecule has 0 amide bonds. The molecule has 112 valence electrons. The fourth-order valence-corrected chi connectivity index (χ4v) is 2.87. The van der Waals surface area contributed by atoms with Gasteiger partial charge in [0.1, 0.15) is 5.75 Å². The summed E-state index contributed by atoms with van der Waals surface area (Å²) in [5, 5.41) is 3.32. The Hall–Kier alpha value is -1.59. The number of benzene rings is 1. The minimum atomic E-state index is 0.133. The average molecular weight is 351 g/mol. The van der Waals surface area contributed by atoms with Crippen molar-refractivity contribution in [2.45, 2.75) is 12.5 Å². The number of nitrogens with one attached hydrogen (secondary N) is 1. The lowest BCUT2D eigenvalue weighted by molar-refractivity contribution is 0.384. The molecule has 5 heteroatoms. The molecule has 1 atom stereocenters. The summed E-state index contributed by atoms with van der Waals surface area (Å²) in [4.78, 5) is 4.26. The molecule has 0 saturated carbocycles. The van der Waals surface area contributed by atoms with Crippen molar-refractivity contribution in [2.75, 3.05) is 21.3 Å².